The van der Waals surface area contributed by atoms with Gasteiger partial charge in [-0.1, -0.05) is 11.6 Å². The lowest BCUT2D eigenvalue weighted by molar-refractivity contribution is 0.0636. The molecule has 1 saturated heterocycles. The number of carbonyl (C=O) groups is 2. The zero-order chi connectivity index (χ0) is 22.9. The SMILES string of the molecule is CN(C(=O)NCc1cc2cc(Cl)ccc2[nH]1)[C@@H]1CCCN(C(=O)c2ccn3ccnc3c2)C1. The molecule has 3 aromatic heterocycles. The van der Waals surface area contributed by atoms with E-state index in [-0.39, 0.29) is 18.0 Å². The van der Waals surface area contributed by atoms with Gasteiger partial charge in [-0.2, -0.15) is 0 Å². The van der Waals surface area contributed by atoms with E-state index in [0.29, 0.717) is 30.2 Å². The highest BCUT2D eigenvalue weighted by Crippen LogP contribution is 2.21. The number of halogens is 1. The van der Waals surface area contributed by atoms with Crippen molar-refractivity contribution < 1.29 is 9.59 Å². The van der Waals surface area contributed by atoms with E-state index < -0.39 is 0 Å². The second-order valence-electron chi connectivity index (χ2n) is 8.45. The van der Waals surface area contributed by atoms with E-state index in [9.17, 15) is 9.59 Å². The average Bonchev–Trinajstić information content (AvgIpc) is 3.47. The number of hydrogen-bond donors (Lipinski definition) is 2. The third-order valence-corrected chi connectivity index (χ3v) is 6.50. The minimum absolute atomic E-state index is 0.0317. The molecule has 9 heteroatoms. The molecular weight excluding hydrogens is 440 g/mol. The number of pyridine rings is 1. The topological polar surface area (TPSA) is 85.7 Å². The first kappa shape index (κ1) is 21.3. The summed E-state index contributed by atoms with van der Waals surface area (Å²) >= 11 is 6.05. The number of amides is 3. The highest BCUT2D eigenvalue weighted by molar-refractivity contribution is 6.31. The lowest BCUT2D eigenvalue weighted by Crippen LogP contribution is -2.52. The van der Waals surface area contributed by atoms with Gasteiger partial charge in [0, 0.05) is 65.9 Å². The van der Waals surface area contributed by atoms with E-state index in [1.54, 1.807) is 24.2 Å². The molecule has 0 radical (unpaired) electrons. The molecule has 1 fully saturated rings. The van der Waals surface area contributed by atoms with Gasteiger partial charge in [0.1, 0.15) is 5.65 Å². The van der Waals surface area contributed by atoms with Crippen LogP contribution in [0.15, 0.2) is 55.0 Å². The number of nitrogens with one attached hydrogen (secondary N) is 2. The highest BCUT2D eigenvalue weighted by atomic mass is 35.5. The van der Waals surface area contributed by atoms with Gasteiger partial charge < -0.3 is 24.5 Å². The summed E-state index contributed by atoms with van der Waals surface area (Å²) in [5.41, 5.74) is 3.24. The molecule has 0 aliphatic carbocycles. The predicted octanol–water partition coefficient (Wildman–Crippen LogP) is 3.92. The van der Waals surface area contributed by atoms with Crippen LogP contribution in [0.1, 0.15) is 28.9 Å². The Morgan fingerprint density at radius 3 is 3.00 bits per heavy atom. The van der Waals surface area contributed by atoms with E-state index in [2.05, 4.69) is 15.3 Å². The van der Waals surface area contributed by atoms with Crippen LogP contribution in [0.2, 0.25) is 5.02 Å². The van der Waals surface area contributed by atoms with Crippen LogP contribution < -0.4 is 5.32 Å². The standard InChI is InChI=1S/C24H25ClN6O2/c1-29(24(33)27-14-19-12-17-11-18(25)4-5-21(17)28-19)20-3-2-8-31(15-20)23(32)16-6-9-30-10-7-26-22(30)13-16/h4-7,9-13,20,28H,2-3,8,14-15H2,1H3,(H,27,33)/t20-/m1/s1. The van der Waals surface area contributed by atoms with Crippen LogP contribution >= 0.6 is 11.6 Å². The minimum atomic E-state index is -0.162. The number of carbonyl (C=O) groups excluding carboxylic acids is 2. The molecule has 3 amide bonds. The van der Waals surface area contributed by atoms with Gasteiger partial charge in [-0.3, -0.25) is 4.79 Å². The number of aromatic nitrogens is 3. The molecule has 1 aromatic carbocycles. The Labute approximate surface area is 196 Å². The summed E-state index contributed by atoms with van der Waals surface area (Å²) in [6, 6.07) is 11.0. The number of urea groups is 1. The molecule has 33 heavy (non-hydrogen) atoms. The normalized spacial score (nSPS) is 16.3. The molecule has 2 N–H and O–H groups in total. The molecule has 1 aliphatic rings. The van der Waals surface area contributed by atoms with Gasteiger partial charge in [-0.25, -0.2) is 9.78 Å². The second-order valence-corrected chi connectivity index (χ2v) is 8.89. The fourth-order valence-electron chi connectivity index (χ4n) is 4.40. The maximum absolute atomic E-state index is 13.1. The zero-order valence-corrected chi connectivity index (χ0v) is 19.0. The molecule has 0 bridgehead atoms. The number of H-pyrrole nitrogens is 1. The van der Waals surface area contributed by atoms with Crippen molar-refractivity contribution in [3.05, 3.63) is 71.3 Å². The van der Waals surface area contributed by atoms with E-state index in [0.717, 1.165) is 35.1 Å². The van der Waals surface area contributed by atoms with Crippen molar-refractivity contribution in [3.63, 3.8) is 0 Å². The van der Waals surface area contributed by atoms with Crippen molar-refractivity contribution in [3.8, 4) is 0 Å². The summed E-state index contributed by atoms with van der Waals surface area (Å²) in [7, 11) is 1.79. The summed E-state index contributed by atoms with van der Waals surface area (Å²) in [4.78, 5) is 37.0. The third kappa shape index (κ3) is 4.39. The van der Waals surface area contributed by atoms with Crippen LogP contribution in [0.5, 0.6) is 0 Å². The number of benzene rings is 1. The molecule has 170 valence electrons. The lowest BCUT2D eigenvalue weighted by Gasteiger charge is -2.37. The van der Waals surface area contributed by atoms with Crippen LogP contribution in [0.3, 0.4) is 0 Å². The number of likely N-dealkylation sites (N-methyl/N-ethyl adjacent to an activating group) is 1. The summed E-state index contributed by atoms with van der Waals surface area (Å²) < 4.78 is 1.87. The quantitative estimate of drug-likeness (QED) is 0.480. The molecule has 1 atom stereocenters. The van der Waals surface area contributed by atoms with E-state index >= 15 is 0 Å². The first-order chi connectivity index (χ1) is 16.0. The fourth-order valence-corrected chi connectivity index (χ4v) is 4.58. The van der Waals surface area contributed by atoms with Crippen molar-refractivity contribution in [2.45, 2.75) is 25.4 Å². The highest BCUT2D eigenvalue weighted by Gasteiger charge is 2.29. The van der Waals surface area contributed by atoms with Crippen molar-refractivity contribution in [2.24, 2.45) is 0 Å². The second kappa shape index (κ2) is 8.78. The molecule has 5 rings (SSSR count). The Bertz CT molecular complexity index is 1330. The summed E-state index contributed by atoms with van der Waals surface area (Å²) in [6.45, 7) is 1.57. The van der Waals surface area contributed by atoms with Gasteiger partial charge in [0.15, 0.2) is 0 Å². The van der Waals surface area contributed by atoms with Gasteiger partial charge in [-0.05, 0) is 49.2 Å². The van der Waals surface area contributed by atoms with Crippen molar-refractivity contribution in [1.82, 2.24) is 29.5 Å². The Morgan fingerprint density at radius 2 is 2.12 bits per heavy atom. The molecule has 8 nitrogen and oxygen atoms in total. The first-order valence-electron chi connectivity index (χ1n) is 11.0. The van der Waals surface area contributed by atoms with E-state index in [4.69, 9.17) is 11.6 Å². The number of hydrogen-bond acceptors (Lipinski definition) is 3. The first-order valence-corrected chi connectivity index (χ1v) is 11.4. The molecule has 0 saturated carbocycles. The smallest absolute Gasteiger partial charge is 0.317 e. The molecule has 0 unspecified atom stereocenters. The fraction of sp³-hybridized carbons (Fsp3) is 0.292. The predicted molar refractivity (Wildman–Crippen MR) is 127 cm³/mol. The number of fused-ring (bicyclic) bond motifs is 2. The van der Waals surface area contributed by atoms with Gasteiger partial charge >= 0.3 is 6.03 Å². The molecule has 4 heterocycles. The minimum Gasteiger partial charge on any atom is -0.357 e. The van der Waals surface area contributed by atoms with Crippen LogP contribution in [0, 0.1) is 0 Å². The third-order valence-electron chi connectivity index (χ3n) is 6.27. The van der Waals surface area contributed by atoms with Crippen LogP contribution in [-0.2, 0) is 6.54 Å². The zero-order valence-electron chi connectivity index (χ0n) is 18.3. The average molecular weight is 465 g/mol. The monoisotopic (exact) mass is 464 g/mol. The van der Waals surface area contributed by atoms with Crippen molar-refractivity contribution in [1.29, 1.82) is 0 Å². The molecule has 0 spiro atoms. The van der Waals surface area contributed by atoms with E-state index in [1.807, 2.05) is 52.0 Å². The van der Waals surface area contributed by atoms with Gasteiger partial charge in [0.05, 0.1) is 12.6 Å². The Morgan fingerprint density at radius 1 is 1.24 bits per heavy atom. The maximum Gasteiger partial charge on any atom is 0.317 e. The summed E-state index contributed by atoms with van der Waals surface area (Å²) in [6.07, 6.45) is 7.10. The number of likely N-dealkylation sites (tertiary alicyclic amines) is 1. The van der Waals surface area contributed by atoms with Gasteiger partial charge in [-0.15, -0.1) is 0 Å². The Kier molecular flexibility index (Phi) is 5.68. The molecule has 1 aliphatic heterocycles. The number of rotatable bonds is 4. The summed E-state index contributed by atoms with van der Waals surface area (Å²) in [5.74, 6) is -0.0317. The van der Waals surface area contributed by atoms with E-state index in [1.165, 1.54) is 0 Å². The largest absolute Gasteiger partial charge is 0.357 e. The number of nitrogens with zero attached hydrogens (tertiary/aromatic N) is 4. The number of imidazole rings is 1. The maximum atomic E-state index is 13.1. The number of aromatic amines is 1. The van der Waals surface area contributed by atoms with Crippen LogP contribution in [0.4, 0.5) is 4.79 Å². The molecule has 4 aromatic rings. The molecular formula is C24H25ClN6O2. The lowest BCUT2D eigenvalue weighted by atomic mass is 10.0. The Balaban J connectivity index is 1.20. The van der Waals surface area contributed by atoms with Crippen molar-refractivity contribution >= 4 is 40.1 Å². The van der Waals surface area contributed by atoms with Crippen LogP contribution in [0.25, 0.3) is 16.6 Å². The van der Waals surface area contributed by atoms with Crippen LogP contribution in [-0.4, -0.2) is 62.3 Å². The number of piperidine rings is 1. The Hall–Kier alpha value is -3.52. The summed E-state index contributed by atoms with van der Waals surface area (Å²) in [5, 5.41) is 4.66. The van der Waals surface area contributed by atoms with Gasteiger partial charge in [0.25, 0.3) is 5.91 Å². The van der Waals surface area contributed by atoms with Gasteiger partial charge in [0.2, 0.25) is 0 Å². The van der Waals surface area contributed by atoms with Crippen molar-refractivity contribution in [2.75, 3.05) is 20.1 Å².